The number of carbonyl (C=O) groups is 1. The van der Waals surface area contributed by atoms with Crippen molar-refractivity contribution in [2.24, 2.45) is 5.92 Å². The van der Waals surface area contributed by atoms with E-state index in [4.69, 9.17) is 11.6 Å². The summed E-state index contributed by atoms with van der Waals surface area (Å²) in [5.41, 5.74) is 2.91. The van der Waals surface area contributed by atoms with E-state index >= 15 is 0 Å². The van der Waals surface area contributed by atoms with E-state index in [9.17, 15) is 4.79 Å². The highest BCUT2D eigenvalue weighted by molar-refractivity contribution is 6.31. The second-order valence-electron chi connectivity index (χ2n) is 5.64. The molecule has 2 aromatic carbocycles. The Morgan fingerprint density at radius 1 is 1.05 bits per heavy atom. The lowest BCUT2D eigenvalue weighted by molar-refractivity contribution is -0.122. The maximum atomic E-state index is 11.9. The Hall–Kier alpha value is -2.00. The molecule has 3 nitrogen and oxygen atoms in total. The second-order valence-corrected chi connectivity index (χ2v) is 6.05. The molecule has 1 amide bonds. The first-order valence-corrected chi connectivity index (χ1v) is 7.98. The van der Waals surface area contributed by atoms with Crippen molar-refractivity contribution in [2.45, 2.75) is 25.8 Å². The van der Waals surface area contributed by atoms with Crippen LogP contribution in [0.15, 0.2) is 48.5 Å². The Morgan fingerprint density at radius 3 is 2.36 bits per heavy atom. The summed E-state index contributed by atoms with van der Waals surface area (Å²) in [6, 6.07) is 15.6. The van der Waals surface area contributed by atoms with Gasteiger partial charge < -0.3 is 10.6 Å². The summed E-state index contributed by atoms with van der Waals surface area (Å²) in [5, 5.41) is 7.06. The Morgan fingerprint density at radius 2 is 1.73 bits per heavy atom. The first-order chi connectivity index (χ1) is 10.7. The number of amides is 1. The van der Waals surface area contributed by atoms with Gasteiger partial charge in [0.25, 0.3) is 0 Å². The topological polar surface area (TPSA) is 41.1 Å². The van der Waals surface area contributed by atoms with E-state index in [1.165, 1.54) is 6.42 Å². The van der Waals surface area contributed by atoms with Crippen LogP contribution in [-0.4, -0.2) is 5.91 Å². The maximum Gasteiger partial charge on any atom is 0.227 e. The van der Waals surface area contributed by atoms with Crippen molar-refractivity contribution in [3.63, 3.8) is 0 Å². The summed E-state index contributed by atoms with van der Waals surface area (Å²) in [7, 11) is 0. The largest absolute Gasteiger partial charge is 0.381 e. The van der Waals surface area contributed by atoms with Gasteiger partial charge in [-0.05, 0) is 48.7 Å². The molecule has 114 valence electrons. The fourth-order valence-electron chi connectivity index (χ4n) is 2.43. The Balaban J connectivity index is 1.55. The van der Waals surface area contributed by atoms with E-state index < -0.39 is 0 Å². The zero-order chi connectivity index (χ0) is 15.4. The smallest absolute Gasteiger partial charge is 0.227 e. The molecular formula is C18H19ClN2O. The molecule has 1 aliphatic rings. The number of carbonyl (C=O) groups excluding carboxylic acids is 1. The van der Waals surface area contributed by atoms with E-state index in [1.54, 1.807) is 0 Å². The average molecular weight is 315 g/mol. The Bertz CT molecular complexity index is 650. The molecule has 1 fully saturated rings. The predicted molar refractivity (Wildman–Crippen MR) is 91.2 cm³/mol. The van der Waals surface area contributed by atoms with Crippen LogP contribution in [0.4, 0.5) is 11.4 Å². The van der Waals surface area contributed by atoms with E-state index in [1.807, 2.05) is 48.5 Å². The summed E-state index contributed by atoms with van der Waals surface area (Å²) in [6.45, 7) is 0.674. The van der Waals surface area contributed by atoms with Crippen LogP contribution in [0, 0.1) is 5.92 Å². The second kappa shape index (κ2) is 6.84. The number of anilines is 2. The zero-order valence-electron chi connectivity index (χ0n) is 12.3. The molecule has 0 radical (unpaired) electrons. The van der Waals surface area contributed by atoms with Gasteiger partial charge in [-0.3, -0.25) is 4.79 Å². The SMILES string of the molecule is O=C(Nc1ccc(NCc2ccccc2Cl)cc1)C1CCC1. The summed E-state index contributed by atoms with van der Waals surface area (Å²) in [5.74, 6) is 0.348. The average Bonchev–Trinajstić information content (AvgIpc) is 2.46. The minimum absolute atomic E-state index is 0.142. The van der Waals surface area contributed by atoms with Crippen LogP contribution >= 0.6 is 11.6 Å². The zero-order valence-corrected chi connectivity index (χ0v) is 13.1. The molecule has 0 saturated heterocycles. The van der Waals surface area contributed by atoms with E-state index in [0.717, 1.165) is 34.8 Å². The highest BCUT2D eigenvalue weighted by atomic mass is 35.5. The van der Waals surface area contributed by atoms with E-state index in [-0.39, 0.29) is 11.8 Å². The normalized spacial score (nSPS) is 14.2. The van der Waals surface area contributed by atoms with Crippen molar-refractivity contribution < 1.29 is 4.79 Å². The van der Waals surface area contributed by atoms with Crippen molar-refractivity contribution in [3.8, 4) is 0 Å². The number of nitrogens with one attached hydrogen (secondary N) is 2. The molecule has 0 aromatic heterocycles. The van der Waals surface area contributed by atoms with Gasteiger partial charge in [0, 0.05) is 28.9 Å². The molecule has 22 heavy (non-hydrogen) atoms. The van der Waals surface area contributed by atoms with Crippen molar-refractivity contribution in [2.75, 3.05) is 10.6 Å². The molecule has 0 spiro atoms. The molecule has 0 bridgehead atoms. The van der Waals surface area contributed by atoms with E-state index in [0.29, 0.717) is 6.54 Å². The Labute approximate surface area is 135 Å². The van der Waals surface area contributed by atoms with Crippen LogP contribution in [0.5, 0.6) is 0 Å². The lowest BCUT2D eigenvalue weighted by atomic mass is 9.85. The number of hydrogen-bond donors (Lipinski definition) is 2. The van der Waals surface area contributed by atoms with Gasteiger partial charge in [-0.1, -0.05) is 36.2 Å². The summed E-state index contributed by atoms with van der Waals surface area (Å²) < 4.78 is 0. The first-order valence-electron chi connectivity index (χ1n) is 7.60. The van der Waals surface area contributed by atoms with Gasteiger partial charge in [0.1, 0.15) is 0 Å². The van der Waals surface area contributed by atoms with Crippen LogP contribution in [0.3, 0.4) is 0 Å². The number of rotatable bonds is 5. The lowest BCUT2D eigenvalue weighted by Gasteiger charge is -2.24. The van der Waals surface area contributed by atoms with Crippen LogP contribution in [0.1, 0.15) is 24.8 Å². The number of benzene rings is 2. The van der Waals surface area contributed by atoms with Crippen molar-refractivity contribution >= 4 is 28.9 Å². The van der Waals surface area contributed by atoms with Crippen molar-refractivity contribution in [3.05, 3.63) is 59.1 Å². The molecule has 2 aromatic rings. The molecule has 3 rings (SSSR count). The molecule has 2 N–H and O–H groups in total. The van der Waals surface area contributed by atoms with Gasteiger partial charge in [0.2, 0.25) is 5.91 Å². The van der Waals surface area contributed by atoms with Crippen molar-refractivity contribution in [1.29, 1.82) is 0 Å². The summed E-state index contributed by atoms with van der Waals surface area (Å²) >= 11 is 6.13. The third-order valence-corrected chi connectivity index (χ3v) is 4.44. The molecule has 1 saturated carbocycles. The van der Waals surface area contributed by atoms with Gasteiger partial charge >= 0.3 is 0 Å². The number of halogens is 1. The van der Waals surface area contributed by atoms with Crippen LogP contribution in [0.2, 0.25) is 5.02 Å². The molecule has 0 atom stereocenters. The maximum absolute atomic E-state index is 11.9. The number of hydrogen-bond acceptors (Lipinski definition) is 2. The van der Waals surface area contributed by atoms with Gasteiger partial charge in [0.15, 0.2) is 0 Å². The minimum Gasteiger partial charge on any atom is -0.381 e. The van der Waals surface area contributed by atoms with Gasteiger partial charge in [0.05, 0.1) is 0 Å². The molecule has 4 heteroatoms. The predicted octanol–water partition coefficient (Wildman–Crippen LogP) is 4.69. The minimum atomic E-state index is 0.142. The first kappa shape index (κ1) is 14.9. The fourth-order valence-corrected chi connectivity index (χ4v) is 2.63. The molecule has 1 aliphatic carbocycles. The quantitative estimate of drug-likeness (QED) is 0.840. The standard InChI is InChI=1S/C18H19ClN2O/c19-17-7-2-1-4-14(17)12-20-15-8-10-16(11-9-15)21-18(22)13-5-3-6-13/h1-2,4,7-11,13,20H,3,5-6,12H2,(H,21,22). The molecule has 0 unspecified atom stereocenters. The third kappa shape index (κ3) is 3.60. The van der Waals surface area contributed by atoms with Crippen LogP contribution in [0.25, 0.3) is 0 Å². The third-order valence-electron chi connectivity index (χ3n) is 4.07. The van der Waals surface area contributed by atoms with Gasteiger partial charge in [-0.15, -0.1) is 0 Å². The van der Waals surface area contributed by atoms with Gasteiger partial charge in [-0.25, -0.2) is 0 Å². The monoisotopic (exact) mass is 314 g/mol. The summed E-state index contributed by atoms with van der Waals surface area (Å²) in [6.07, 6.45) is 3.20. The van der Waals surface area contributed by atoms with Crippen LogP contribution in [-0.2, 0) is 11.3 Å². The van der Waals surface area contributed by atoms with Gasteiger partial charge in [-0.2, -0.15) is 0 Å². The Kier molecular flexibility index (Phi) is 4.64. The fraction of sp³-hybridized carbons (Fsp3) is 0.278. The molecule has 0 heterocycles. The lowest BCUT2D eigenvalue weighted by Crippen LogP contribution is -2.27. The molecular weight excluding hydrogens is 296 g/mol. The van der Waals surface area contributed by atoms with E-state index in [2.05, 4.69) is 10.6 Å². The molecule has 0 aliphatic heterocycles. The highest BCUT2D eigenvalue weighted by Crippen LogP contribution is 2.27. The van der Waals surface area contributed by atoms with Crippen LogP contribution < -0.4 is 10.6 Å². The van der Waals surface area contributed by atoms with Crippen molar-refractivity contribution in [1.82, 2.24) is 0 Å². The summed E-state index contributed by atoms with van der Waals surface area (Å²) in [4.78, 5) is 11.9. The highest BCUT2D eigenvalue weighted by Gasteiger charge is 2.24.